The first-order chi connectivity index (χ1) is 16.3. The first-order valence-electron chi connectivity index (χ1n) is 10.5. The number of halogens is 2. The topological polar surface area (TPSA) is 154 Å². The molecule has 0 bridgehead atoms. The number of benzene rings is 2. The Morgan fingerprint density at radius 1 is 1.24 bits per heavy atom. The van der Waals surface area contributed by atoms with E-state index in [2.05, 4.69) is 20.7 Å². The molecule has 6 N–H and O–H groups in total. The van der Waals surface area contributed by atoms with E-state index in [9.17, 15) is 24.2 Å². The second kappa shape index (κ2) is 11.2. The number of carboxylic acids is 1. The Kier molecular flexibility index (Phi) is 8.32. The molecule has 3 rings (SSSR count). The third-order valence-electron chi connectivity index (χ3n) is 5.67. The minimum atomic E-state index is -1.53. The second-order valence-corrected chi connectivity index (χ2v) is 8.47. The fourth-order valence-electron chi connectivity index (χ4n) is 3.82. The predicted octanol–water partition coefficient (Wildman–Crippen LogP) is 2.41. The summed E-state index contributed by atoms with van der Waals surface area (Å²) in [4.78, 5) is 24.6. The van der Waals surface area contributed by atoms with Crippen molar-refractivity contribution in [2.24, 2.45) is 11.1 Å². The van der Waals surface area contributed by atoms with Crippen LogP contribution in [0.25, 0.3) is 11.1 Å². The van der Waals surface area contributed by atoms with Gasteiger partial charge in [-0.25, -0.2) is 4.39 Å². The van der Waals surface area contributed by atoms with Crippen LogP contribution in [0.4, 0.5) is 4.39 Å². The van der Waals surface area contributed by atoms with Crippen molar-refractivity contribution >= 4 is 23.5 Å². The van der Waals surface area contributed by atoms with Crippen molar-refractivity contribution in [2.45, 2.75) is 25.3 Å². The molecular formula is C23H25ClFN5O4. The molecule has 0 fully saturated rings. The van der Waals surface area contributed by atoms with E-state index in [1.54, 1.807) is 24.3 Å². The SMILES string of the molecule is NCCC(CO)(C[C@@H](Cc1ccc(-c2cc(Cl)ccc2F)cc1)NC(=O)c1cn[nH]n1)C(=O)O. The van der Waals surface area contributed by atoms with Gasteiger partial charge in [0.25, 0.3) is 5.91 Å². The number of carbonyl (C=O) groups is 2. The highest BCUT2D eigenvalue weighted by Gasteiger charge is 2.40. The summed E-state index contributed by atoms with van der Waals surface area (Å²) in [6.07, 6.45) is 1.46. The number of carbonyl (C=O) groups excluding carboxylic acids is 1. The average molecular weight is 490 g/mol. The molecule has 0 radical (unpaired) electrons. The maximum Gasteiger partial charge on any atom is 0.312 e. The second-order valence-electron chi connectivity index (χ2n) is 8.04. The van der Waals surface area contributed by atoms with Crippen LogP contribution in [0, 0.1) is 11.2 Å². The van der Waals surface area contributed by atoms with Gasteiger partial charge in [0, 0.05) is 16.6 Å². The quantitative estimate of drug-likeness (QED) is 0.277. The van der Waals surface area contributed by atoms with Gasteiger partial charge in [0.1, 0.15) is 5.82 Å². The lowest BCUT2D eigenvalue weighted by atomic mass is 9.78. The van der Waals surface area contributed by atoms with E-state index in [0.29, 0.717) is 16.1 Å². The number of nitrogens with two attached hydrogens (primary N) is 1. The Balaban J connectivity index is 1.86. The normalized spacial score (nSPS) is 13.8. The Morgan fingerprint density at radius 2 is 1.97 bits per heavy atom. The van der Waals surface area contributed by atoms with Crippen LogP contribution in [0.2, 0.25) is 5.02 Å². The molecule has 11 heteroatoms. The highest BCUT2D eigenvalue weighted by atomic mass is 35.5. The number of aromatic nitrogens is 3. The Bertz CT molecular complexity index is 1130. The van der Waals surface area contributed by atoms with E-state index in [-0.39, 0.29) is 31.5 Å². The van der Waals surface area contributed by atoms with E-state index in [1.165, 1.54) is 24.4 Å². The summed E-state index contributed by atoms with van der Waals surface area (Å²) >= 11 is 5.99. The summed E-state index contributed by atoms with van der Waals surface area (Å²) in [6.45, 7) is -0.584. The van der Waals surface area contributed by atoms with Gasteiger partial charge in [-0.05, 0) is 55.1 Å². The lowest BCUT2D eigenvalue weighted by molar-refractivity contribution is -0.153. The number of aliphatic hydroxyl groups excluding tert-OH is 1. The maximum atomic E-state index is 14.2. The average Bonchev–Trinajstić information content (AvgIpc) is 3.36. The van der Waals surface area contributed by atoms with E-state index >= 15 is 0 Å². The molecule has 1 aromatic heterocycles. The summed E-state index contributed by atoms with van der Waals surface area (Å²) < 4.78 is 14.2. The van der Waals surface area contributed by atoms with Crippen molar-refractivity contribution in [1.82, 2.24) is 20.7 Å². The van der Waals surface area contributed by atoms with Crippen molar-refractivity contribution in [3.63, 3.8) is 0 Å². The number of nitrogens with zero attached hydrogens (tertiary/aromatic N) is 2. The zero-order valence-corrected chi connectivity index (χ0v) is 18.9. The molecule has 1 unspecified atom stereocenters. The molecule has 0 aliphatic heterocycles. The number of aromatic amines is 1. The van der Waals surface area contributed by atoms with Gasteiger partial charge in [0.2, 0.25) is 0 Å². The van der Waals surface area contributed by atoms with E-state index in [0.717, 1.165) is 5.56 Å². The van der Waals surface area contributed by atoms with Crippen molar-refractivity contribution in [2.75, 3.05) is 13.2 Å². The van der Waals surface area contributed by atoms with Gasteiger partial charge in [0.15, 0.2) is 5.69 Å². The monoisotopic (exact) mass is 489 g/mol. The lowest BCUT2D eigenvalue weighted by Crippen LogP contribution is -2.46. The Labute approximate surface area is 200 Å². The van der Waals surface area contributed by atoms with Gasteiger partial charge in [0.05, 0.1) is 18.2 Å². The van der Waals surface area contributed by atoms with E-state index in [4.69, 9.17) is 17.3 Å². The van der Waals surface area contributed by atoms with E-state index in [1.807, 2.05) is 0 Å². The molecule has 2 aromatic carbocycles. The fourth-order valence-corrected chi connectivity index (χ4v) is 4.00. The van der Waals surface area contributed by atoms with Gasteiger partial charge in [-0.15, -0.1) is 0 Å². The lowest BCUT2D eigenvalue weighted by Gasteiger charge is -2.31. The number of hydrogen-bond acceptors (Lipinski definition) is 6. The summed E-state index contributed by atoms with van der Waals surface area (Å²) in [7, 11) is 0. The number of aliphatic hydroxyl groups is 1. The molecule has 0 saturated carbocycles. The van der Waals surface area contributed by atoms with Crippen LogP contribution >= 0.6 is 11.6 Å². The van der Waals surface area contributed by atoms with Gasteiger partial charge in [-0.1, -0.05) is 35.9 Å². The van der Waals surface area contributed by atoms with Crippen molar-refractivity contribution < 1.29 is 24.2 Å². The summed E-state index contributed by atoms with van der Waals surface area (Å²) in [5.74, 6) is -2.15. The molecule has 3 aromatic rings. The predicted molar refractivity (Wildman–Crippen MR) is 124 cm³/mol. The summed E-state index contributed by atoms with van der Waals surface area (Å²) in [5.41, 5.74) is 5.85. The van der Waals surface area contributed by atoms with Crippen LogP contribution in [0.15, 0.2) is 48.7 Å². The molecule has 0 spiro atoms. The van der Waals surface area contributed by atoms with Crippen LogP contribution in [-0.4, -0.2) is 56.7 Å². The van der Waals surface area contributed by atoms with Gasteiger partial charge in [-0.2, -0.15) is 15.4 Å². The largest absolute Gasteiger partial charge is 0.481 e. The number of aliphatic carboxylic acids is 1. The number of nitrogens with one attached hydrogen (secondary N) is 2. The van der Waals surface area contributed by atoms with Gasteiger partial charge < -0.3 is 21.3 Å². The number of carboxylic acid groups (broad SMARTS) is 1. The first kappa shape index (κ1) is 25.3. The van der Waals surface area contributed by atoms with Crippen molar-refractivity contribution in [3.05, 3.63) is 70.8 Å². The molecule has 1 heterocycles. The smallest absolute Gasteiger partial charge is 0.312 e. The molecule has 1 amide bonds. The Hall–Kier alpha value is -3.34. The van der Waals surface area contributed by atoms with Crippen LogP contribution < -0.4 is 11.1 Å². The zero-order valence-electron chi connectivity index (χ0n) is 18.2. The van der Waals surface area contributed by atoms with E-state index < -0.39 is 35.8 Å². The van der Waals surface area contributed by atoms with Gasteiger partial charge in [-0.3, -0.25) is 9.59 Å². The molecule has 0 aliphatic carbocycles. The molecule has 2 atom stereocenters. The molecule has 0 aliphatic rings. The highest BCUT2D eigenvalue weighted by Crippen LogP contribution is 2.30. The minimum Gasteiger partial charge on any atom is -0.481 e. The molecular weight excluding hydrogens is 465 g/mol. The fraction of sp³-hybridized carbons (Fsp3) is 0.304. The molecule has 180 valence electrons. The third-order valence-corrected chi connectivity index (χ3v) is 5.91. The number of amides is 1. The Morgan fingerprint density at radius 3 is 2.56 bits per heavy atom. The highest BCUT2D eigenvalue weighted by molar-refractivity contribution is 6.30. The van der Waals surface area contributed by atoms with Crippen LogP contribution in [0.3, 0.4) is 0 Å². The number of H-pyrrole nitrogens is 1. The van der Waals surface area contributed by atoms with Crippen LogP contribution in [0.1, 0.15) is 28.9 Å². The standard InChI is InChI=1S/C23H25ClFN5O4/c24-16-5-6-19(25)18(10-16)15-3-1-14(2-4-15)9-17(28-21(32)20-12-27-30-29-20)11-23(13-31,7-8-26)22(33)34/h1-6,10,12,17,31H,7-9,11,13,26H2,(H,28,32)(H,33,34)(H,27,29,30)/t17-,23?/m1/s1. The summed E-state index contributed by atoms with van der Waals surface area (Å²) in [6, 6.07) is 10.6. The van der Waals surface area contributed by atoms with Gasteiger partial charge >= 0.3 is 5.97 Å². The third kappa shape index (κ3) is 5.96. The van der Waals surface area contributed by atoms with Crippen molar-refractivity contribution in [1.29, 1.82) is 0 Å². The van der Waals surface area contributed by atoms with Crippen LogP contribution in [0.5, 0.6) is 0 Å². The molecule has 0 saturated heterocycles. The maximum absolute atomic E-state index is 14.2. The molecule has 34 heavy (non-hydrogen) atoms. The summed E-state index contributed by atoms with van der Waals surface area (Å²) in [5, 5.41) is 32.6. The van der Waals surface area contributed by atoms with Crippen LogP contribution in [-0.2, 0) is 11.2 Å². The first-order valence-corrected chi connectivity index (χ1v) is 10.9. The zero-order chi connectivity index (χ0) is 24.7. The number of rotatable bonds is 11. The van der Waals surface area contributed by atoms with Crippen molar-refractivity contribution in [3.8, 4) is 11.1 Å². The minimum absolute atomic E-state index is 0.0299. The molecule has 9 nitrogen and oxygen atoms in total. The number of hydrogen-bond donors (Lipinski definition) is 5.